The quantitative estimate of drug-likeness (QED) is 0.698. The van der Waals surface area contributed by atoms with Crippen molar-refractivity contribution in [3.8, 4) is 0 Å². The molecule has 0 unspecified atom stereocenters. The van der Waals surface area contributed by atoms with E-state index in [1.807, 2.05) is 43.9 Å². The number of fused-ring (bicyclic) bond motifs is 1. The summed E-state index contributed by atoms with van der Waals surface area (Å²) in [7, 11) is 0. The van der Waals surface area contributed by atoms with Crippen molar-refractivity contribution in [1.82, 2.24) is 9.88 Å². The van der Waals surface area contributed by atoms with Gasteiger partial charge in [-0.05, 0) is 51.8 Å². The van der Waals surface area contributed by atoms with Gasteiger partial charge in [0, 0.05) is 36.6 Å². The number of likely N-dealkylation sites (tertiary alicyclic amines) is 1. The third-order valence-corrected chi connectivity index (χ3v) is 6.45. The van der Waals surface area contributed by atoms with Crippen molar-refractivity contribution in [1.29, 1.82) is 0 Å². The molecule has 0 bridgehead atoms. The second kappa shape index (κ2) is 6.27. The van der Waals surface area contributed by atoms with E-state index in [4.69, 9.17) is 21.3 Å². The number of piperidine rings is 1. The van der Waals surface area contributed by atoms with Crippen LogP contribution in [-0.2, 0) is 4.74 Å². The molecule has 0 N–H and O–H groups in total. The van der Waals surface area contributed by atoms with Crippen LogP contribution in [0.25, 0.3) is 10.2 Å². The van der Waals surface area contributed by atoms with Crippen LogP contribution in [0.15, 0.2) is 18.2 Å². The highest BCUT2D eigenvalue weighted by atomic mass is 35.5. The largest absolute Gasteiger partial charge is 0.444 e. The third kappa shape index (κ3) is 3.49. The maximum absolute atomic E-state index is 12.2. The topological polar surface area (TPSA) is 45.7 Å². The summed E-state index contributed by atoms with van der Waals surface area (Å²) >= 11 is 7.77. The Morgan fingerprint density at radius 1 is 1.27 bits per heavy atom. The minimum atomic E-state index is -0.435. The highest BCUT2D eigenvalue weighted by Crippen LogP contribution is 2.44. The molecule has 2 saturated heterocycles. The van der Waals surface area contributed by atoms with E-state index in [1.165, 1.54) is 0 Å². The highest BCUT2D eigenvalue weighted by molar-refractivity contribution is 7.22. The van der Waals surface area contributed by atoms with Crippen LogP contribution >= 0.6 is 22.9 Å². The molecular weight excluding hydrogens is 370 g/mol. The van der Waals surface area contributed by atoms with Crippen LogP contribution in [0.3, 0.4) is 0 Å². The Balaban J connectivity index is 1.35. The minimum Gasteiger partial charge on any atom is -0.444 e. The Morgan fingerprint density at radius 2 is 1.96 bits per heavy atom. The zero-order valence-electron chi connectivity index (χ0n) is 15.4. The van der Waals surface area contributed by atoms with Gasteiger partial charge in [-0.3, -0.25) is 0 Å². The number of benzene rings is 1. The van der Waals surface area contributed by atoms with E-state index >= 15 is 0 Å². The molecule has 140 valence electrons. The van der Waals surface area contributed by atoms with E-state index in [2.05, 4.69) is 4.90 Å². The summed E-state index contributed by atoms with van der Waals surface area (Å²) in [5.74, 6) is 0. The predicted octanol–water partition coefficient (Wildman–Crippen LogP) is 4.79. The fraction of sp³-hybridized carbons (Fsp3) is 0.579. The van der Waals surface area contributed by atoms with Crippen LogP contribution in [0.5, 0.6) is 0 Å². The number of amides is 1. The Labute approximate surface area is 162 Å². The molecule has 2 aliphatic heterocycles. The van der Waals surface area contributed by atoms with Gasteiger partial charge >= 0.3 is 6.09 Å². The number of ether oxygens (including phenoxy) is 1. The van der Waals surface area contributed by atoms with E-state index in [0.717, 1.165) is 59.4 Å². The lowest BCUT2D eigenvalue weighted by molar-refractivity contribution is 0.00598. The summed E-state index contributed by atoms with van der Waals surface area (Å²) in [6, 6.07) is 5.84. The molecule has 0 aliphatic carbocycles. The molecule has 0 radical (unpaired) electrons. The van der Waals surface area contributed by atoms with E-state index in [-0.39, 0.29) is 6.09 Å². The van der Waals surface area contributed by atoms with Crippen LogP contribution in [0.2, 0.25) is 5.02 Å². The van der Waals surface area contributed by atoms with Crippen molar-refractivity contribution in [3.05, 3.63) is 23.2 Å². The Morgan fingerprint density at radius 3 is 2.62 bits per heavy atom. The Bertz CT molecular complexity index is 829. The molecule has 1 amide bonds. The van der Waals surface area contributed by atoms with Gasteiger partial charge in [0.1, 0.15) is 5.60 Å². The van der Waals surface area contributed by atoms with Gasteiger partial charge in [-0.2, -0.15) is 0 Å². The van der Waals surface area contributed by atoms with Crippen molar-refractivity contribution >= 4 is 44.4 Å². The van der Waals surface area contributed by atoms with E-state index in [0.29, 0.717) is 5.41 Å². The fourth-order valence-corrected chi connectivity index (χ4v) is 4.97. The summed E-state index contributed by atoms with van der Waals surface area (Å²) in [5, 5.41) is 1.82. The second-order valence-electron chi connectivity index (χ2n) is 8.43. The monoisotopic (exact) mass is 393 g/mol. The van der Waals surface area contributed by atoms with Crippen LogP contribution in [-0.4, -0.2) is 47.8 Å². The normalized spacial score (nSPS) is 19.7. The van der Waals surface area contributed by atoms with Gasteiger partial charge < -0.3 is 14.5 Å². The van der Waals surface area contributed by atoms with Gasteiger partial charge in [0.2, 0.25) is 0 Å². The van der Waals surface area contributed by atoms with E-state index < -0.39 is 5.60 Å². The lowest BCUT2D eigenvalue weighted by Crippen LogP contribution is -2.61. The SMILES string of the molecule is CC(C)(C)OC(=O)N1CCC2(CC1)CN(c1nc3ccc(Cl)cc3s1)C2. The summed E-state index contributed by atoms with van der Waals surface area (Å²) in [4.78, 5) is 21.2. The molecule has 1 aromatic heterocycles. The van der Waals surface area contributed by atoms with Crippen LogP contribution in [0.1, 0.15) is 33.6 Å². The molecule has 0 atom stereocenters. The number of carbonyl (C=O) groups excluding carboxylic acids is 1. The van der Waals surface area contributed by atoms with E-state index in [1.54, 1.807) is 11.3 Å². The third-order valence-electron chi connectivity index (χ3n) is 5.14. The maximum atomic E-state index is 12.2. The first kappa shape index (κ1) is 17.9. The molecule has 1 aromatic carbocycles. The summed E-state index contributed by atoms with van der Waals surface area (Å²) in [6.07, 6.45) is 1.87. The first-order chi connectivity index (χ1) is 12.2. The Kier molecular flexibility index (Phi) is 4.31. The number of nitrogens with zero attached hydrogens (tertiary/aromatic N) is 3. The zero-order valence-corrected chi connectivity index (χ0v) is 17.0. The number of hydrogen-bond donors (Lipinski definition) is 0. The van der Waals surface area contributed by atoms with Crippen LogP contribution in [0, 0.1) is 5.41 Å². The van der Waals surface area contributed by atoms with Gasteiger partial charge in [0.25, 0.3) is 0 Å². The number of carbonyl (C=O) groups is 1. The molecule has 26 heavy (non-hydrogen) atoms. The van der Waals surface area contributed by atoms with Crippen molar-refractivity contribution < 1.29 is 9.53 Å². The number of thiazole rings is 1. The number of hydrogen-bond acceptors (Lipinski definition) is 5. The molecule has 1 spiro atoms. The fourth-order valence-electron chi connectivity index (χ4n) is 3.73. The first-order valence-corrected chi connectivity index (χ1v) is 10.2. The minimum absolute atomic E-state index is 0.188. The lowest BCUT2D eigenvalue weighted by Gasteiger charge is -2.53. The molecule has 0 saturated carbocycles. The summed E-state index contributed by atoms with van der Waals surface area (Å²) < 4.78 is 6.62. The number of halogens is 1. The molecule has 3 heterocycles. The molecule has 5 nitrogen and oxygen atoms in total. The van der Waals surface area contributed by atoms with E-state index in [9.17, 15) is 4.79 Å². The van der Waals surface area contributed by atoms with Crippen molar-refractivity contribution in [3.63, 3.8) is 0 Å². The number of anilines is 1. The first-order valence-electron chi connectivity index (χ1n) is 9.02. The summed E-state index contributed by atoms with van der Waals surface area (Å²) in [6.45, 7) is 9.31. The molecule has 7 heteroatoms. The van der Waals surface area contributed by atoms with Gasteiger partial charge in [0.05, 0.1) is 10.2 Å². The molecule has 2 aromatic rings. The number of aromatic nitrogens is 1. The van der Waals surface area contributed by atoms with Crippen molar-refractivity contribution in [2.45, 2.75) is 39.2 Å². The number of rotatable bonds is 1. The second-order valence-corrected chi connectivity index (χ2v) is 9.88. The molecule has 2 aliphatic rings. The molecule has 4 rings (SSSR count). The average Bonchev–Trinajstić information content (AvgIpc) is 2.93. The Hall–Kier alpha value is -1.53. The predicted molar refractivity (Wildman–Crippen MR) is 106 cm³/mol. The van der Waals surface area contributed by atoms with Gasteiger partial charge in [-0.15, -0.1) is 0 Å². The zero-order chi connectivity index (χ0) is 18.5. The van der Waals surface area contributed by atoms with Crippen LogP contribution < -0.4 is 4.90 Å². The smallest absolute Gasteiger partial charge is 0.410 e. The standard InChI is InChI=1S/C19H24ClN3O2S/c1-18(2,3)25-17(24)22-8-6-19(7-9-22)11-23(12-19)16-21-14-5-4-13(20)10-15(14)26-16/h4-5,10H,6-9,11-12H2,1-3H3. The van der Waals surface area contributed by atoms with Gasteiger partial charge in [0.15, 0.2) is 5.13 Å². The molecular formula is C19H24ClN3O2S. The van der Waals surface area contributed by atoms with Gasteiger partial charge in [-0.1, -0.05) is 22.9 Å². The van der Waals surface area contributed by atoms with Crippen molar-refractivity contribution in [2.24, 2.45) is 5.41 Å². The highest BCUT2D eigenvalue weighted by Gasteiger charge is 2.46. The lowest BCUT2D eigenvalue weighted by atomic mass is 9.72. The summed E-state index contributed by atoms with van der Waals surface area (Å²) in [5.41, 5.74) is 0.888. The maximum Gasteiger partial charge on any atom is 0.410 e. The van der Waals surface area contributed by atoms with Gasteiger partial charge in [-0.25, -0.2) is 9.78 Å². The molecule has 2 fully saturated rings. The van der Waals surface area contributed by atoms with Crippen LogP contribution in [0.4, 0.5) is 9.93 Å². The average molecular weight is 394 g/mol. The van der Waals surface area contributed by atoms with Crippen molar-refractivity contribution in [2.75, 3.05) is 31.1 Å².